The van der Waals surface area contributed by atoms with Crippen LogP contribution in [-0.2, 0) is 17.9 Å². The summed E-state index contributed by atoms with van der Waals surface area (Å²) < 4.78 is 0. The van der Waals surface area contributed by atoms with Crippen LogP contribution in [0.4, 0.5) is 0 Å². The lowest BCUT2D eigenvalue weighted by atomic mass is 9.64. The van der Waals surface area contributed by atoms with Crippen LogP contribution in [0.5, 0.6) is 0 Å². The van der Waals surface area contributed by atoms with E-state index in [4.69, 9.17) is 4.99 Å². The van der Waals surface area contributed by atoms with E-state index in [1.54, 1.807) is 0 Å². The second kappa shape index (κ2) is 11.9. The molecule has 2 N–H and O–H groups in total. The Morgan fingerprint density at radius 1 is 1.13 bits per heavy atom. The Bertz CT molecular complexity index is 698. The first kappa shape index (κ1) is 25.0. The highest BCUT2D eigenvalue weighted by Gasteiger charge is 2.37. The van der Waals surface area contributed by atoms with Crippen molar-refractivity contribution in [3.63, 3.8) is 0 Å². The Morgan fingerprint density at radius 2 is 1.83 bits per heavy atom. The summed E-state index contributed by atoms with van der Waals surface area (Å²) in [4.78, 5) is 18.5. The molecular formula is C24H39IN4O. The Kier molecular flexibility index (Phi) is 9.91. The summed E-state index contributed by atoms with van der Waals surface area (Å²) in [6, 6.07) is 8.52. The maximum Gasteiger partial charge on any atom is 0.222 e. The molecule has 0 radical (unpaired) electrons. The van der Waals surface area contributed by atoms with E-state index in [9.17, 15) is 4.79 Å². The third-order valence-corrected chi connectivity index (χ3v) is 6.22. The number of hydrogen-bond donors (Lipinski definition) is 2. The summed E-state index contributed by atoms with van der Waals surface area (Å²) >= 11 is 0. The third-order valence-electron chi connectivity index (χ3n) is 6.22. The Hall–Kier alpha value is -1.31. The van der Waals surface area contributed by atoms with Gasteiger partial charge in [0.05, 0.1) is 6.54 Å². The molecule has 1 aliphatic carbocycles. The number of nitrogens with one attached hydrogen (secondary N) is 2. The maximum absolute atomic E-state index is 11.8. The highest BCUT2D eigenvalue weighted by molar-refractivity contribution is 14.0. The quantitative estimate of drug-likeness (QED) is 0.279. The van der Waals surface area contributed by atoms with E-state index < -0.39 is 0 Å². The molecule has 0 aromatic heterocycles. The molecule has 1 amide bonds. The lowest BCUT2D eigenvalue weighted by molar-refractivity contribution is -0.128. The number of carbonyl (C=O) groups is 1. The first-order chi connectivity index (χ1) is 14.0. The van der Waals surface area contributed by atoms with E-state index in [1.807, 2.05) is 4.90 Å². The van der Waals surface area contributed by atoms with E-state index in [0.29, 0.717) is 18.4 Å². The van der Waals surface area contributed by atoms with Crippen molar-refractivity contribution in [3.8, 4) is 0 Å². The van der Waals surface area contributed by atoms with Crippen LogP contribution in [0.15, 0.2) is 29.3 Å². The molecular weight excluding hydrogens is 487 g/mol. The monoisotopic (exact) mass is 526 g/mol. The van der Waals surface area contributed by atoms with Crippen molar-refractivity contribution >= 4 is 35.8 Å². The van der Waals surface area contributed by atoms with Crippen LogP contribution in [0.3, 0.4) is 0 Å². The molecule has 1 aromatic carbocycles. The summed E-state index contributed by atoms with van der Waals surface area (Å²) in [7, 11) is 0. The average molecular weight is 527 g/mol. The normalized spacial score (nSPS) is 18.2. The number of benzene rings is 1. The van der Waals surface area contributed by atoms with Crippen LogP contribution in [0.1, 0.15) is 70.4 Å². The molecule has 3 rings (SSSR count). The Labute approximate surface area is 199 Å². The summed E-state index contributed by atoms with van der Waals surface area (Å²) in [5.74, 6) is 1.93. The van der Waals surface area contributed by atoms with E-state index in [0.717, 1.165) is 44.5 Å². The summed E-state index contributed by atoms with van der Waals surface area (Å²) in [5, 5.41) is 6.98. The van der Waals surface area contributed by atoms with Gasteiger partial charge < -0.3 is 15.5 Å². The molecule has 1 aromatic rings. The predicted octanol–water partition coefficient (Wildman–Crippen LogP) is 4.70. The summed E-state index contributed by atoms with van der Waals surface area (Å²) in [5.41, 5.74) is 2.84. The van der Waals surface area contributed by atoms with Crippen LogP contribution in [0.2, 0.25) is 0 Å². The van der Waals surface area contributed by atoms with Crippen LogP contribution in [0, 0.1) is 11.3 Å². The Morgan fingerprint density at radius 3 is 2.37 bits per heavy atom. The van der Waals surface area contributed by atoms with Crippen LogP contribution in [-0.4, -0.2) is 36.4 Å². The summed E-state index contributed by atoms with van der Waals surface area (Å²) in [6.45, 7) is 10.9. The molecule has 2 fully saturated rings. The smallest absolute Gasteiger partial charge is 0.222 e. The van der Waals surface area contributed by atoms with E-state index in [-0.39, 0.29) is 29.9 Å². The fourth-order valence-electron chi connectivity index (χ4n) is 4.62. The Balaban J connectivity index is 0.00000320. The number of guanidine groups is 1. The minimum atomic E-state index is 0. The van der Waals surface area contributed by atoms with Crippen LogP contribution < -0.4 is 10.6 Å². The molecule has 6 heteroatoms. The number of likely N-dealkylation sites (tertiary alicyclic amines) is 1. The first-order valence-corrected chi connectivity index (χ1v) is 11.4. The van der Waals surface area contributed by atoms with Gasteiger partial charge in [-0.05, 0) is 55.1 Å². The van der Waals surface area contributed by atoms with E-state index in [1.165, 1.54) is 36.8 Å². The highest BCUT2D eigenvalue weighted by atomic mass is 127. The molecule has 0 unspecified atom stereocenters. The van der Waals surface area contributed by atoms with Crippen molar-refractivity contribution in [1.29, 1.82) is 0 Å². The molecule has 0 spiro atoms. The molecule has 5 nitrogen and oxygen atoms in total. The van der Waals surface area contributed by atoms with Crippen molar-refractivity contribution in [3.05, 3.63) is 35.4 Å². The van der Waals surface area contributed by atoms with Gasteiger partial charge in [-0.2, -0.15) is 0 Å². The van der Waals surface area contributed by atoms with Gasteiger partial charge in [0.2, 0.25) is 5.91 Å². The number of rotatable bonds is 9. The van der Waals surface area contributed by atoms with Crippen molar-refractivity contribution < 1.29 is 4.79 Å². The SMILES string of the molecule is CCNC(=NCc1ccc(CN2CCCC2=O)cc1)NCC1(CC(C)C)CCC1.I. The number of halogens is 1. The van der Waals surface area contributed by atoms with Gasteiger partial charge in [-0.1, -0.05) is 44.5 Å². The molecule has 0 bridgehead atoms. The molecule has 168 valence electrons. The number of nitrogens with zero attached hydrogens (tertiary/aromatic N) is 2. The molecule has 1 saturated heterocycles. The van der Waals surface area contributed by atoms with E-state index in [2.05, 4.69) is 55.7 Å². The molecule has 1 aliphatic heterocycles. The molecule has 30 heavy (non-hydrogen) atoms. The highest BCUT2D eigenvalue weighted by Crippen LogP contribution is 2.45. The zero-order chi connectivity index (χ0) is 20.7. The predicted molar refractivity (Wildman–Crippen MR) is 135 cm³/mol. The van der Waals surface area contributed by atoms with Gasteiger partial charge in [-0.25, -0.2) is 4.99 Å². The van der Waals surface area contributed by atoms with Gasteiger partial charge in [0.25, 0.3) is 0 Å². The number of amides is 1. The second-order valence-corrected chi connectivity index (χ2v) is 9.24. The topological polar surface area (TPSA) is 56.7 Å². The van der Waals surface area contributed by atoms with Gasteiger partial charge in [0, 0.05) is 32.6 Å². The van der Waals surface area contributed by atoms with E-state index >= 15 is 0 Å². The number of carbonyl (C=O) groups excluding carboxylic acids is 1. The van der Waals surface area contributed by atoms with Crippen LogP contribution in [0.25, 0.3) is 0 Å². The van der Waals surface area contributed by atoms with Crippen molar-refractivity contribution in [2.75, 3.05) is 19.6 Å². The van der Waals surface area contributed by atoms with Gasteiger partial charge in [0.1, 0.15) is 0 Å². The fourth-order valence-corrected chi connectivity index (χ4v) is 4.62. The van der Waals surface area contributed by atoms with Crippen molar-refractivity contribution in [2.24, 2.45) is 16.3 Å². The first-order valence-electron chi connectivity index (χ1n) is 11.4. The number of aliphatic imine (C=N–C) groups is 1. The maximum atomic E-state index is 11.8. The zero-order valence-electron chi connectivity index (χ0n) is 18.9. The average Bonchev–Trinajstić information content (AvgIpc) is 3.07. The minimum Gasteiger partial charge on any atom is -0.357 e. The molecule has 1 saturated carbocycles. The van der Waals surface area contributed by atoms with Gasteiger partial charge in [0.15, 0.2) is 5.96 Å². The molecule has 0 atom stereocenters. The molecule has 2 aliphatic rings. The molecule has 1 heterocycles. The second-order valence-electron chi connectivity index (χ2n) is 9.24. The minimum absolute atomic E-state index is 0. The standard InChI is InChI=1S/C24H38N4O.HI/c1-4-25-23(27-18-24(12-6-13-24)15-19(2)3)26-16-20-8-10-21(11-9-20)17-28-14-5-7-22(28)29;/h8-11,19H,4-7,12-18H2,1-3H3,(H2,25,26,27);1H. The number of hydrogen-bond acceptors (Lipinski definition) is 2. The summed E-state index contributed by atoms with van der Waals surface area (Å²) in [6.07, 6.45) is 7.00. The zero-order valence-corrected chi connectivity index (χ0v) is 21.2. The van der Waals surface area contributed by atoms with Crippen molar-refractivity contribution in [1.82, 2.24) is 15.5 Å². The fraction of sp³-hybridized carbons (Fsp3) is 0.667. The third kappa shape index (κ3) is 7.13. The largest absolute Gasteiger partial charge is 0.357 e. The lowest BCUT2D eigenvalue weighted by Gasteiger charge is -2.43. The van der Waals surface area contributed by atoms with Crippen LogP contribution >= 0.6 is 24.0 Å². The van der Waals surface area contributed by atoms with Gasteiger partial charge in [-0.15, -0.1) is 24.0 Å². The van der Waals surface area contributed by atoms with Crippen molar-refractivity contribution in [2.45, 2.75) is 72.4 Å². The van der Waals surface area contributed by atoms with Gasteiger partial charge in [-0.3, -0.25) is 4.79 Å². The lowest BCUT2D eigenvalue weighted by Crippen LogP contribution is -2.47. The van der Waals surface area contributed by atoms with Gasteiger partial charge >= 0.3 is 0 Å².